The first-order valence-corrected chi connectivity index (χ1v) is 9.53. The molecule has 0 aliphatic heterocycles. The molecule has 0 radical (unpaired) electrons. The van der Waals surface area contributed by atoms with E-state index >= 15 is 0 Å². The van der Waals surface area contributed by atoms with Crippen LogP contribution in [-0.2, 0) is 16.8 Å². The largest absolute Gasteiger partial charge is 0.326 e. The molecule has 150 valence electrons. The number of aromatic nitrogens is 2. The summed E-state index contributed by atoms with van der Waals surface area (Å²) >= 11 is 0. The van der Waals surface area contributed by atoms with Gasteiger partial charge in [0.1, 0.15) is 5.69 Å². The van der Waals surface area contributed by atoms with Gasteiger partial charge in [0.05, 0.1) is 12.2 Å². The SMILES string of the molecule is CC(=O)Nc1ccc(NC(=O)c2cc(C(C)(C)C)nn2Cc2ccccc2)cc1. The number of hydrogen-bond acceptors (Lipinski definition) is 3. The van der Waals surface area contributed by atoms with Gasteiger partial charge in [-0.1, -0.05) is 51.1 Å². The standard InChI is InChI=1S/C23H26N4O2/c1-16(28)24-18-10-12-19(13-11-18)25-22(29)20-14-21(23(2,3)4)26-27(20)15-17-8-6-5-7-9-17/h5-14H,15H2,1-4H3,(H,24,28)(H,25,29). The molecule has 0 bridgehead atoms. The summed E-state index contributed by atoms with van der Waals surface area (Å²) in [4.78, 5) is 24.1. The van der Waals surface area contributed by atoms with Crippen LogP contribution in [0.2, 0.25) is 0 Å². The fourth-order valence-corrected chi connectivity index (χ4v) is 2.88. The van der Waals surface area contributed by atoms with Crippen LogP contribution in [0.5, 0.6) is 0 Å². The number of nitrogens with zero attached hydrogens (tertiary/aromatic N) is 2. The number of carbonyl (C=O) groups is 2. The van der Waals surface area contributed by atoms with Crippen molar-refractivity contribution in [3.63, 3.8) is 0 Å². The maximum atomic E-state index is 13.0. The molecule has 2 N–H and O–H groups in total. The Morgan fingerprint density at radius 2 is 1.52 bits per heavy atom. The predicted molar refractivity (Wildman–Crippen MR) is 115 cm³/mol. The quantitative estimate of drug-likeness (QED) is 0.676. The van der Waals surface area contributed by atoms with Crippen LogP contribution < -0.4 is 10.6 Å². The third kappa shape index (κ3) is 5.31. The second-order valence-electron chi connectivity index (χ2n) is 8.02. The van der Waals surface area contributed by atoms with Crippen LogP contribution in [-0.4, -0.2) is 21.6 Å². The maximum absolute atomic E-state index is 13.0. The van der Waals surface area contributed by atoms with Crippen LogP contribution in [0.1, 0.15) is 49.4 Å². The predicted octanol–water partition coefficient (Wildman–Crippen LogP) is 4.44. The molecule has 0 atom stereocenters. The Balaban J connectivity index is 1.84. The van der Waals surface area contributed by atoms with Gasteiger partial charge in [-0.2, -0.15) is 5.10 Å². The third-order valence-corrected chi connectivity index (χ3v) is 4.42. The van der Waals surface area contributed by atoms with E-state index < -0.39 is 0 Å². The first-order valence-electron chi connectivity index (χ1n) is 9.53. The lowest BCUT2D eigenvalue weighted by Gasteiger charge is -2.14. The minimum absolute atomic E-state index is 0.138. The normalized spacial score (nSPS) is 11.2. The fourth-order valence-electron chi connectivity index (χ4n) is 2.88. The number of nitrogens with one attached hydrogen (secondary N) is 2. The first kappa shape index (κ1) is 20.3. The summed E-state index contributed by atoms with van der Waals surface area (Å²) in [6.07, 6.45) is 0. The molecule has 0 aliphatic carbocycles. The molecule has 6 nitrogen and oxygen atoms in total. The van der Waals surface area contributed by atoms with Crippen molar-refractivity contribution in [1.82, 2.24) is 9.78 Å². The van der Waals surface area contributed by atoms with Gasteiger partial charge in [-0.3, -0.25) is 14.3 Å². The summed E-state index contributed by atoms with van der Waals surface area (Å²) in [6.45, 7) is 8.19. The van der Waals surface area contributed by atoms with Gasteiger partial charge in [0, 0.05) is 23.7 Å². The summed E-state index contributed by atoms with van der Waals surface area (Å²) in [7, 11) is 0. The van der Waals surface area contributed by atoms with E-state index in [-0.39, 0.29) is 17.2 Å². The van der Waals surface area contributed by atoms with E-state index in [1.54, 1.807) is 28.9 Å². The van der Waals surface area contributed by atoms with E-state index in [4.69, 9.17) is 5.10 Å². The molecule has 6 heteroatoms. The number of anilines is 2. The van der Waals surface area contributed by atoms with Gasteiger partial charge >= 0.3 is 0 Å². The summed E-state index contributed by atoms with van der Waals surface area (Å²) in [6, 6.07) is 18.8. The van der Waals surface area contributed by atoms with E-state index in [2.05, 4.69) is 31.4 Å². The molecule has 2 aromatic carbocycles. The average molecular weight is 390 g/mol. The number of benzene rings is 2. The molecule has 3 rings (SSSR count). The van der Waals surface area contributed by atoms with Crippen LogP contribution in [0.25, 0.3) is 0 Å². The van der Waals surface area contributed by atoms with E-state index in [9.17, 15) is 9.59 Å². The molecular formula is C23H26N4O2. The second kappa shape index (κ2) is 8.31. The van der Waals surface area contributed by atoms with Gasteiger partial charge in [0.15, 0.2) is 0 Å². The summed E-state index contributed by atoms with van der Waals surface area (Å²) in [5.74, 6) is -0.363. The Morgan fingerprint density at radius 1 is 0.931 bits per heavy atom. The van der Waals surface area contributed by atoms with Crippen molar-refractivity contribution in [3.05, 3.63) is 77.6 Å². The lowest BCUT2D eigenvalue weighted by Crippen LogP contribution is -2.18. The zero-order chi connectivity index (χ0) is 21.0. The Kier molecular flexibility index (Phi) is 5.82. The van der Waals surface area contributed by atoms with Crippen LogP contribution in [0, 0.1) is 0 Å². The lowest BCUT2D eigenvalue weighted by molar-refractivity contribution is -0.114. The Hall–Kier alpha value is -3.41. The van der Waals surface area contributed by atoms with Gasteiger partial charge in [0.25, 0.3) is 5.91 Å². The molecule has 0 saturated carbocycles. The van der Waals surface area contributed by atoms with E-state index in [0.717, 1.165) is 11.3 Å². The minimum Gasteiger partial charge on any atom is -0.326 e. The Labute approximate surface area is 170 Å². The van der Waals surface area contributed by atoms with Gasteiger partial charge in [-0.05, 0) is 35.9 Å². The van der Waals surface area contributed by atoms with Crippen molar-refractivity contribution < 1.29 is 9.59 Å². The number of hydrogen-bond donors (Lipinski definition) is 2. The fraction of sp³-hybridized carbons (Fsp3) is 0.261. The Bertz CT molecular complexity index is 1000. The summed E-state index contributed by atoms with van der Waals surface area (Å²) in [5.41, 5.74) is 3.60. The number of carbonyl (C=O) groups excluding carboxylic acids is 2. The molecule has 2 amide bonds. The second-order valence-corrected chi connectivity index (χ2v) is 8.02. The average Bonchev–Trinajstić information content (AvgIpc) is 3.08. The highest BCUT2D eigenvalue weighted by Crippen LogP contribution is 2.23. The summed E-state index contributed by atoms with van der Waals surface area (Å²) in [5, 5.41) is 10.3. The molecule has 3 aromatic rings. The molecule has 0 spiro atoms. The third-order valence-electron chi connectivity index (χ3n) is 4.42. The van der Waals surface area contributed by atoms with Crippen LogP contribution in [0.4, 0.5) is 11.4 Å². The van der Waals surface area contributed by atoms with E-state index in [0.29, 0.717) is 23.6 Å². The maximum Gasteiger partial charge on any atom is 0.273 e. The molecule has 29 heavy (non-hydrogen) atoms. The van der Waals surface area contributed by atoms with Crippen molar-refractivity contribution in [3.8, 4) is 0 Å². The van der Waals surface area contributed by atoms with Crippen molar-refractivity contribution in [2.24, 2.45) is 0 Å². The highest BCUT2D eigenvalue weighted by Gasteiger charge is 2.23. The highest BCUT2D eigenvalue weighted by atomic mass is 16.2. The van der Waals surface area contributed by atoms with E-state index in [1.807, 2.05) is 36.4 Å². The van der Waals surface area contributed by atoms with Crippen LogP contribution in [0.15, 0.2) is 60.7 Å². The van der Waals surface area contributed by atoms with Gasteiger partial charge in [-0.25, -0.2) is 0 Å². The Morgan fingerprint density at radius 3 is 2.07 bits per heavy atom. The lowest BCUT2D eigenvalue weighted by atomic mass is 9.92. The van der Waals surface area contributed by atoms with Crippen molar-refractivity contribution >= 4 is 23.2 Å². The molecule has 1 aromatic heterocycles. The molecule has 0 aliphatic rings. The van der Waals surface area contributed by atoms with Crippen molar-refractivity contribution in [2.45, 2.75) is 39.7 Å². The van der Waals surface area contributed by atoms with E-state index in [1.165, 1.54) is 6.92 Å². The number of rotatable bonds is 5. The number of amides is 2. The van der Waals surface area contributed by atoms with Crippen molar-refractivity contribution in [2.75, 3.05) is 10.6 Å². The zero-order valence-corrected chi connectivity index (χ0v) is 17.2. The molecule has 0 unspecified atom stereocenters. The minimum atomic E-state index is -0.226. The monoisotopic (exact) mass is 390 g/mol. The zero-order valence-electron chi connectivity index (χ0n) is 17.2. The van der Waals surface area contributed by atoms with Crippen LogP contribution in [0.3, 0.4) is 0 Å². The molecule has 1 heterocycles. The smallest absolute Gasteiger partial charge is 0.273 e. The highest BCUT2D eigenvalue weighted by molar-refractivity contribution is 6.03. The molecular weight excluding hydrogens is 364 g/mol. The molecule has 0 saturated heterocycles. The first-order chi connectivity index (χ1) is 13.7. The van der Waals surface area contributed by atoms with Gasteiger partial charge in [-0.15, -0.1) is 0 Å². The molecule has 0 fully saturated rings. The van der Waals surface area contributed by atoms with Gasteiger partial charge < -0.3 is 10.6 Å². The summed E-state index contributed by atoms with van der Waals surface area (Å²) < 4.78 is 1.75. The topological polar surface area (TPSA) is 76.0 Å². The van der Waals surface area contributed by atoms with Crippen molar-refractivity contribution in [1.29, 1.82) is 0 Å². The van der Waals surface area contributed by atoms with Crippen LogP contribution >= 0.6 is 0 Å². The van der Waals surface area contributed by atoms with Gasteiger partial charge in [0.2, 0.25) is 5.91 Å².